The average molecular weight is 820 g/mol. The highest BCUT2D eigenvalue weighted by molar-refractivity contribution is 6.61. The Morgan fingerprint density at radius 1 is 0.623 bits per heavy atom. The average Bonchev–Trinajstić information content (AvgIpc) is 3.13. The van der Waals surface area contributed by atoms with Crippen LogP contribution >= 0.6 is 0 Å². The quantitative estimate of drug-likeness (QED) is 0.0281. The fourth-order valence-electron chi connectivity index (χ4n) is 4.67. The molecule has 0 fully saturated rings. The third-order valence-corrected chi connectivity index (χ3v) is 15.6. The van der Waals surface area contributed by atoms with Crippen LogP contribution in [0.4, 0.5) is 4.79 Å². The summed E-state index contributed by atoms with van der Waals surface area (Å²) in [6, 6.07) is 1.81. The molecule has 316 valence electrons. The second kappa shape index (κ2) is 38.1. The van der Waals surface area contributed by atoms with Crippen LogP contribution in [0.2, 0.25) is 18.1 Å². The van der Waals surface area contributed by atoms with Crippen molar-refractivity contribution in [2.24, 2.45) is 4.99 Å². The molecule has 0 rings (SSSR count). The van der Waals surface area contributed by atoms with E-state index < -0.39 is 32.5 Å². The van der Waals surface area contributed by atoms with Crippen LogP contribution < -0.4 is 10.6 Å². The third kappa shape index (κ3) is 28.8. The Kier molecular flexibility index (Phi) is 39.6. The van der Waals surface area contributed by atoms with Gasteiger partial charge in [0.1, 0.15) is 0 Å². The highest BCUT2D eigenvalue weighted by atomic mass is 28.4. The molecule has 0 aromatic heterocycles. The molecular weight excluding hydrogens is 747 g/mol. The lowest BCUT2D eigenvalue weighted by atomic mass is 10.3. The highest BCUT2D eigenvalue weighted by Gasteiger charge is 2.42. The number of carbonyl (C=O) groups excluding carboxylic acids is 3. The SMILES string of the molecule is C#CO[Si](CCCCNC(=O)COC(=O)NCCC[Si](OCC)(OCC)OCC)(OCC)OCC.CCO[Si](CCCN=C=O)(OCC)OCC.CO.[HH].[HH]. The minimum Gasteiger partial charge on any atom is -0.451 e. The third-order valence-electron chi connectivity index (χ3n) is 6.44. The van der Waals surface area contributed by atoms with E-state index >= 15 is 0 Å². The first-order valence-electron chi connectivity index (χ1n) is 18.5. The van der Waals surface area contributed by atoms with Gasteiger partial charge in [-0.1, -0.05) is 6.42 Å². The number of isocyanates is 1. The summed E-state index contributed by atoms with van der Waals surface area (Å²) in [5.41, 5.74) is 0. The molecular formula is C33H73N3O14Si3. The van der Waals surface area contributed by atoms with Crippen molar-refractivity contribution in [2.45, 2.75) is 99.2 Å². The molecule has 0 bridgehead atoms. The predicted molar refractivity (Wildman–Crippen MR) is 211 cm³/mol. The molecule has 0 aromatic rings. The fraction of sp³-hybridized carbons (Fsp3) is 0.848. The number of alkyl carbamates (subject to hydrolysis) is 1. The van der Waals surface area contributed by atoms with E-state index in [1.54, 1.807) is 0 Å². The zero-order valence-corrected chi connectivity index (χ0v) is 36.7. The van der Waals surface area contributed by atoms with Gasteiger partial charge in [0, 0.05) is 94.0 Å². The number of amides is 2. The number of hydrogen-bond acceptors (Lipinski definition) is 15. The zero-order chi connectivity index (χ0) is 40.7. The lowest BCUT2D eigenvalue weighted by Gasteiger charge is -2.28. The molecule has 0 aromatic carbocycles. The summed E-state index contributed by atoms with van der Waals surface area (Å²) < 4.78 is 55.9. The lowest BCUT2D eigenvalue weighted by molar-refractivity contribution is -0.123. The number of nitrogens with one attached hydrogen (secondary N) is 2. The standard InChI is InChI=1S/C22H44N2O9Si2.C10H21NO4Si.CH4O.2H2/c1-7-28-34(29-8-2,30-9-3)18-14-13-16-23-21(25)20-27-22(26)24-17-15-19-35(31-10-4,32-11-5)33-12-6;1-4-13-16(14-5-2,15-6-3)9-7-8-11-10-12;1-2;;/h1H,8-20H2,2-6H3,(H,23,25)(H,24,26);4-9H2,1-3H3;2H,1H3;2*1H. The van der Waals surface area contributed by atoms with Crippen molar-refractivity contribution in [3.63, 3.8) is 0 Å². The molecule has 0 saturated carbocycles. The van der Waals surface area contributed by atoms with E-state index in [4.69, 9.17) is 56.1 Å². The number of aliphatic imine (C=N–C) groups is 1. The van der Waals surface area contributed by atoms with Gasteiger partial charge >= 0.3 is 32.5 Å². The molecule has 17 nitrogen and oxygen atoms in total. The molecule has 3 N–H and O–H groups in total. The molecule has 0 saturated heterocycles. The molecule has 53 heavy (non-hydrogen) atoms. The molecule has 2 amide bonds. The molecule has 0 atom stereocenters. The van der Waals surface area contributed by atoms with Gasteiger partial charge < -0.3 is 60.3 Å². The number of rotatable bonds is 32. The molecule has 0 spiro atoms. The topological polar surface area (TPSA) is 200 Å². The molecule has 0 aliphatic heterocycles. The zero-order valence-electron chi connectivity index (χ0n) is 33.7. The number of carbonyl (C=O) groups is 2. The number of nitrogens with zero attached hydrogens (tertiary/aromatic N) is 1. The molecule has 0 heterocycles. The van der Waals surface area contributed by atoms with Gasteiger partial charge in [0.15, 0.2) is 6.61 Å². The second-order valence-corrected chi connectivity index (χ2v) is 18.3. The maximum Gasteiger partial charge on any atom is 0.574 e. The molecule has 0 unspecified atom stereocenters. The van der Waals surface area contributed by atoms with Crippen LogP contribution in [-0.4, -0.2) is 136 Å². The van der Waals surface area contributed by atoms with Gasteiger partial charge in [-0.2, -0.15) is 0 Å². The summed E-state index contributed by atoms with van der Waals surface area (Å²) in [5, 5.41) is 12.3. The van der Waals surface area contributed by atoms with Gasteiger partial charge in [-0.25, -0.2) is 14.6 Å². The van der Waals surface area contributed by atoms with Gasteiger partial charge in [-0.3, -0.25) is 4.79 Å². The van der Waals surface area contributed by atoms with Crippen LogP contribution in [0, 0.1) is 12.5 Å². The summed E-state index contributed by atoms with van der Waals surface area (Å²) >= 11 is 0. The summed E-state index contributed by atoms with van der Waals surface area (Å²) in [6.07, 6.45) is 11.0. The minimum atomic E-state index is -2.89. The highest BCUT2D eigenvalue weighted by Crippen LogP contribution is 2.20. The van der Waals surface area contributed by atoms with E-state index in [0.29, 0.717) is 110 Å². The Bertz CT molecular complexity index is 947. The van der Waals surface area contributed by atoms with Crippen molar-refractivity contribution in [1.82, 2.24) is 10.6 Å². The van der Waals surface area contributed by atoms with E-state index in [1.807, 2.05) is 55.4 Å². The maximum atomic E-state index is 11.9. The van der Waals surface area contributed by atoms with Crippen molar-refractivity contribution in [1.29, 1.82) is 0 Å². The first-order chi connectivity index (χ1) is 25.6. The monoisotopic (exact) mass is 819 g/mol. The Morgan fingerprint density at radius 3 is 1.43 bits per heavy atom. The Labute approximate surface area is 324 Å². The van der Waals surface area contributed by atoms with E-state index in [1.165, 1.54) is 6.08 Å². The number of hydrogen-bond donors (Lipinski definition) is 3. The van der Waals surface area contributed by atoms with Gasteiger partial charge in [-0.15, -0.1) is 0 Å². The number of ether oxygens (including phenoxy) is 1. The summed E-state index contributed by atoms with van der Waals surface area (Å²) in [6.45, 7) is 20.1. The van der Waals surface area contributed by atoms with E-state index in [2.05, 4.69) is 21.7 Å². The Hall–Kier alpha value is -2.23. The maximum absolute atomic E-state index is 11.9. The Morgan fingerprint density at radius 2 is 1.02 bits per heavy atom. The number of aliphatic hydroxyl groups is 1. The molecule has 0 aliphatic rings. The van der Waals surface area contributed by atoms with Gasteiger partial charge in [0.2, 0.25) is 6.08 Å². The van der Waals surface area contributed by atoms with Crippen LogP contribution in [0.3, 0.4) is 0 Å². The van der Waals surface area contributed by atoms with Crippen LogP contribution in [0.5, 0.6) is 0 Å². The smallest absolute Gasteiger partial charge is 0.451 e. The number of unbranched alkanes of at least 4 members (excludes halogenated alkanes) is 1. The van der Waals surface area contributed by atoms with Crippen molar-refractivity contribution >= 4 is 44.5 Å². The first kappa shape index (κ1) is 55.1. The van der Waals surface area contributed by atoms with Crippen molar-refractivity contribution in [3.8, 4) is 12.5 Å². The van der Waals surface area contributed by atoms with E-state index in [0.717, 1.165) is 13.5 Å². The number of aliphatic hydroxyl groups excluding tert-OH is 1. The van der Waals surface area contributed by atoms with Gasteiger partial charge in [0.05, 0.1) is 12.7 Å². The van der Waals surface area contributed by atoms with Crippen LogP contribution in [-0.2, 0) is 54.2 Å². The first-order valence-corrected chi connectivity index (χ1v) is 24.3. The lowest BCUT2D eigenvalue weighted by Crippen LogP contribution is -2.46. The second-order valence-electron chi connectivity index (χ2n) is 10.2. The van der Waals surface area contributed by atoms with Crippen molar-refractivity contribution in [2.75, 3.05) is 86.2 Å². The van der Waals surface area contributed by atoms with Gasteiger partial charge in [0.25, 0.3) is 5.91 Å². The summed E-state index contributed by atoms with van der Waals surface area (Å²) in [7, 11) is -7.17. The molecule has 0 aliphatic carbocycles. The molecule has 20 heteroatoms. The summed E-state index contributed by atoms with van der Waals surface area (Å²) in [5.74, 6) is -0.381. The van der Waals surface area contributed by atoms with Crippen LogP contribution in [0.1, 0.15) is 83.9 Å². The van der Waals surface area contributed by atoms with E-state index in [9.17, 15) is 14.4 Å². The largest absolute Gasteiger partial charge is 0.574 e. The van der Waals surface area contributed by atoms with Gasteiger partial charge in [-0.05, 0) is 81.1 Å². The van der Waals surface area contributed by atoms with Crippen molar-refractivity contribution < 1.29 is 66.9 Å². The normalized spacial score (nSPS) is 11.1. The summed E-state index contributed by atoms with van der Waals surface area (Å²) in [4.78, 5) is 37.2. The van der Waals surface area contributed by atoms with Crippen LogP contribution in [0.25, 0.3) is 0 Å². The molecule has 0 radical (unpaired) electrons. The van der Waals surface area contributed by atoms with Crippen LogP contribution in [0.15, 0.2) is 4.99 Å². The van der Waals surface area contributed by atoms with E-state index in [-0.39, 0.29) is 15.4 Å². The minimum absolute atomic E-state index is 0. The number of terminal acetylenes is 1. The predicted octanol–water partition coefficient (Wildman–Crippen LogP) is 4.53. The fourth-order valence-corrected chi connectivity index (χ4v) is 12.2. The Balaban J connectivity index is -0.000000351. The van der Waals surface area contributed by atoms with Crippen molar-refractivity contribution in [3.05, 3.63) is 0 Å².